The van der Waals surface area contributed by atoms with Crippen molar-refractivity contribution in [2.75, 3.05) is 0 Å². The summed E-state index contributed by atoms with van der Waals surface area (Å²) >= 11 is 0. The van der Waals surface area contributed by atoms with Crippen LogP contribution in [0.4, 0.5) is 0 Å². The number of carbonyl (C=O) groups excluding carboxylic acids is 1. The summed E-state index contributed by atoms with van der Waals surface area (Å²) in [6.07, 6.45) is 2.62. The molecule has 3 N–H and O–H groups in total. The van der Waals surface area contributed by atoms with E-state index in [1.54, 1.807) is 0 Å². The lowest BCUT2D eigenvalue weighted by molar-refractivity contribution is -0.122. The molecule has 112 valence electrons. The number of rotatable bonds is 5. The lowest BCUT2D eigenvalue weighted by Crippen LogP contribution is -2.47. The first-order valence-corrected chi connectivity index (χ1v) is 7.56. The Morgan fingerprint density at radius 3 is 2.95 bits per heavy atom. The number of aromatic amines is 1. The third-order valence-electron chi connectivity index (χ3n) is 4.38. The Hall–Kier alpha value is -1.88. The molecule has 1 aliphatic rings. The molecule has 0 bridgehead atoms. The van der Waals surface area contributed by atoms with E-state index in [0.717, 1.165) is 35.9 Å². The van der Waals surface area contributed by atoms with Gasteiger partial charge in [-0.3, -0.25) is 9.89 Å². The van der Waals surface area contributed by atoms with Crippen molar-refractivity contribution < 1.29 is 9.90 Å². The molecular weight excluding hydrogens is 266 g/mol. The summed E-state index contributed by atoms with van der Waals surface area (Å²) in [6.45, 7) is 2.07. The van der Waals surface area contributed by atoms with Crippen molar-refractivity contribution in [3.63, 3.8) is 0 Å². The van der Waals surface area contributed by atoms with Gasteiger partial charge in [0.25, 0.3) is 0 Å². The normalized spacial score (nSPS) is 22.8. The molecule has 1 atom stereocenters. The van der Waals surface area contributed by atoms with Crippen molar-refractivity contribution in [3.05, 3.63) is 30.0 Å². The Morgan fingerprint density at radius 2 is 2.24 bits per heavy atom. The highest BCUT2D eigenvalue weighted by Gasteiger charge is 2.33. The fraction of sp³-hybridized carbons (Fsp3) is 0.500. The van der Waals surface area contributed by atoms with Gasteiger partial charge in [-0.2, -0.15) is 5.10 Å². The Morgan fingerprint density at radius 1 is 1.48 bits per heavy atom. The average Bonchev–Trinajstić information content (AvgIpc) is 2.85. The molecule has 0 spiro atoms. The van der Waals surface area contributed by atoms with E-state index in [0.29, 0.717) is 12.3 Å². The van der Waals surface area contributed by atoms with E-state index in [2.05, 4.69) is 22.4 Å². The zero-order chi connectivity index (χ0) is 14.8. The highest BCUT2D eigenvalue weighted by atomic mass is 16.3. The van der Waals surface area contributed by atoms with Crippen molar-refractivity contribution in [3.8, 4) is 0 Å². The predicted molar refractivity (Wildman–Crippen MR) is 80.8 cm³/mol. The van der Waals surface area contributed by atoms with Gasteiger partial charge in [0, 0.05) is 11.4 Å². The number of hydrogen-bond acceptors (Lipinski definition) is 3. The molecule has 0 aliphatic heterocycles. The van der Waals surface area contributed by atoms with Crippen LogP contribution in [0.25, 0.3) is 10.9 Å². The summed E-state index contributed by atoms with van der Waals surface area (Å²) in [4.78, 5) is 12.2. The molecule has 21 heavy (non-hydrogen) atoms. The standard InChI is InChI=1S/C16H21N3O2/c1-2-13(10-7-11(20)8-10)17-16(21)9-15-12-5-3-4-6-14(12)18-19-15/h3-6,10-11,13,20H,2,7-9H2,1H3,(H,17,21)(H,18,19)/t10?,11?,13-/m0/s1. The van der Waals surface area contributed by atoms with E-state index < -0.39 is 0 Å². The summed E-state index contributed by atoms with van der Waals surface area (Å²) < 4.78 is 0. The number of H-pyrrole nitrogens is 1. The zero-order valence-corrected chi connectivity index (χ0v) is 12.2. The van der Waals surface area contributed by atoms with Crippen molar-refractivity contribution >= 4 is 16.8 Å². The predicted octanol–water partition coefficient (Wildman–Crippen LogP) is 1.77. The monoisotopic (exact) mass is 287 g/mol. The minimum absolute atomic E-state index is 0.0117. The second kappa shape index (κ2) is 5.85. The molecule has 2 aromatic rings. The number of para-hydroxylation sites is 1. The third kappa shape index (κ3) is 2.93. The quantitative estimate of drug-likeness (QED) is 0.784. The van der Waals surface area contributed by atoms with Crippen LogP contribution in [0.5, 0.6) is 0 Å². The topological polar surface area (TPSA) is 78.0 Å². The molecule has 1 heterocycles. The second-order valence-corrected chi connectivity index (χ2v) is 5.86. The van der Waals surface area contributed by atoms with Crippen molar-refractivity contribution in [1.82, 2.24) is 15.5 Å². The first-order chi connectivity index (χ1) is 10.2. The maximum Gasteiger partial charge on any atom is 0.226 e. The van der Waals surface area contributed by atoms with E-state index in [1.165, 1.54) is 0 Å². The molecule has 0 saturated heterocycles. The van der Waals surface area contributed by atoms with E-state index in [1.807, 2.05) is 24.3 Å². The van der Waals surface area contributed by atoms with E-state index >= 15 is 0 Å². The van der Waals surface area contributed by atoms with Gasteiger partial charge in [-0.05, 0) is 31.2 Å². The third-order valence-corrected chi connectivity index (χ3v) is 4.38. The summed E-state index contributed by atoms with van der Waals surface area (Å²) in [5.41, 5.74) is 1.74. The summed E-state index contributed by atoms with van der Waals surface area (Å²) in [6, 6.07) is 7.94. The number of hydrogen-bond donors (Lipinski definition) is 3. The minimum atomic E-state index is -0.183. The van der Waals surface area contributed by atoms with Gasteiger partial charge in [0.15, 0.2) is 0 Å². The van der Waals surface area contributed by atoms with Gasteiger partial charge in [-0.1, -0.05) is 25.1 Å². The summed E-state index contributed by atoms with van der Waals surface area (Å²) in [7, 11) is 0. The number of benzene rings is 1. The van der Waals surface area contributed by atoms with Gasteiger partial charge in [-0.25, -0.2) is 0 Å². The maximum atomic E-state index is 12.2. The van der Waals surface area contributed by atoms with Gasteiger partial charge in [0.2, 0.25) is 5.91 Å². The zero-order valence-electron chi connectivity index (χ0n) is 12.2. The number of aliphatic hydroxyl groups excluding tert-OH is 1. The minimum Gasteiger partial charge on any atom is -0.393 e. The van der Waals surface area contributed by atoms with Crippen LogP contribution in [-0.4, -0.2) is 33.4 Å². The van der Waals surface area contributed by atoms with Crippen molar-refractivity contribution in [2.45, 2.75) is 44.8 Å². The largest absolute Gasteiger partial charge is 0.393 e. The first-order valence-electron chi connectivity index (χ1n) is 7.56. The molecule has 0 radical (unpaired) electrons. The molecule has 1 amide bonds. The summed E-state index contributed by atoms with van der Waals surface area (Å²) in [5.74, 6) is 0.421. The first kappa shape index (κ1) is 14.1. The number of aliphatic hydroxyl groups is 1. The molecule has 5 heteroatoms. The molecule has 1 saturated carbocycles. The molecule has 1 aromatic carbocycles. The Kier molecular flexibility index (Phi) is 3.92. The number of nitrogens with zero attached hydrogens (tertiary/aromatic N) is 1. The molecule has 1 aromatic heterocycles. The molecule has 1 aliphatic carbocycles. The van der Waals surface area contributed by atoms with E-state index in [-0.39, 0.29) is 18.1 Å². The number of carbonyl (C=O) groups is 1. The lowest BCUT2D eigenvalue weighted by Gasteiger charge is -2.37. The van der Waals surface area contributed by atoms with Gasteiger partial charge < -0.3 is 10.4 Å². The molecular formula is C16H21N3O2. The van der Waals surface area contributed by atoms with Crippen LogP contribution < -0.4 is 5.32 Å². The van der Waals surface area contributed by atoms with E-state index in [9.17, 15) is 9.90 Å². The van der Waals surface area contributed by atoms with Crippen LogP contribution in [0.3, 0.4) is 0 Å². The lowest BCUT2D eigenvalue weighted by atomic mass is 9.76. The van der Waals surface area contributed by atoms with Crippen LogP contribution in [0.15, 0.2) is 24.3 Å². The maximum absolute atomic E-state index is 12.2. The van der Waals surface area contributed by atoms with Crippen LogP contribution in [-0.2, 0) is 11.2 Å². The Balaban J connectivity index is 1.63. The van der Waals surface area contributed by atoms with Crippen LogP contribution in [0, 0.1) is 5.92 Å². The van der Waals surface area contributed by atoms with Crippen molar-refractivity contribution in [1.29, 1.82) is 0 Å². The summed E-state index contributed by atoms with van der Waals surface area (Å²) in [5, 5.41) is 20.6. The number of amides is 1. The Bertz CT molecular complexity index is 631. The second-order valence-electron chi connectivity index (χ2n) is 5.86. The highest BCUT2D eigenvalue weighted by Crippen LogP contribution is 2.31. The van der Waals surface area contributed by atoms with Gasteiger partial charge in [-0.15, -0.1) is 0 Å². The van der Waals surface area contributed by atoms with Gasteiger partial charge in [0.1, 0.15) is 0 Å². The van der Waals surface area contributed by atoms with E-state index in [4.69, 9.17) is 0 Å². The number of fused-ring (bicyclic) bond motifs is 1. The fourth-order valence-corrected chi connectivity index (χ4v) is 3.08. The van der Waals surface area contributed by atoms with Gasteiger partial charge in [0.05, 0.1) is 23.7 Å². The molecule has 1 fully saturated rings. The number of nitrogens with one attached hydrogen (secondary N) is 2. The van der Waals surface area contributed by atoms with Crippen LogP contribution in [0.1, 0.15) is 31.9 Å². The molecule has 3 rings (SSSR count). The number of aromatic nitrogens is 2. The van der Waals surface area contributed by atoms with Crippen LogP contribution in [0.2, 0.25) is 0 Å². The SMILES string of the molecule is CC[C@H](NC(=O)Cc1[nH]nc2ccccc12)C1CC(O)C1. The molecule has 0 unspecified atom stereocenters. The smallest absolute Gasteiger partial charge is 0.226 e. The van der Waals surface area contributed by atoms with Gasteiger partial charge >= 0.3 is 0 Å². The van der Waals surface area contributed by atoms with Crippen molar-refractivity contribution in [2.24, 2.45) is 5.92 Å². The fourth-order valence-electron chi connectivity index (χ4n) is 3.08. The van der Waals surface area contributed by atoms with Crippen LogP contribution >= 0.6 is 0 Å². The Labute approximate surface area is 123 Å². The molecule has 5 nitrogen and oxygen atoms in total. The highest BCUT2D eigenvalue weighted by molar-refractivity contribution is 5.87. The average molecular weight is 287 g/mol.